The molecule has 2 atom stereocenters. The molecule has 1 fully saturated rings. The first kappa shape index (κ1) is 16.0. The van der Waals surface area contributed by atoms with Gasteiger partial charge in [0.15, 0.2) is 0 Å². The molecule has 2 unspecified atom stereocenters. The van der Waals surface area contributed by atoms with Crippen LogP contribution in [0.15, 0.2) is 23.1 Å². The van der Waals surface area contributed by atoms with Gasteiger partial charge in [-0.2, -0.15) is 0 Å². The van der Waals surface area contributed by atoms with Gasteiger partial charge in [0, 0.05) is 6.04 Å². The smallest absolute Gasteiger partial charge is 0.240 e. The molecule has 6 heteroatoms. The molecule has 21 heavy (non-hydrogen) atoms. The summed E-state index contributed by atoms with van der Waals surface area (Å²) < 4.78 is 40.9. The third kappa shape index (κ3) is 4.03. The second kappa shape index (κ2) is 6.56. The number of sulfonamides is 1. The van der Waals surface area contributed by atoms with Gasteiger partial charge in [-0.25, -0.2) is 17.5 Å². The van der Waals surface area contributed by atoms with E-state index < -0.39 is 15.8 Å². The van der Waals surface area contributed by atoms with Gasteiger partial charge in [0.25, 0.3) is 0 Å². The number of hydrogen-bond donors (Lipinski definition) is 2. The van der Waals surface area contributed by atoms with Crippen LogP contribution in [0.3, 0.4) is 0 Å². The van der Waals surface area contributed by atoms with Crippen molar-refractivity contribution in [2.45, 2.75) is 37.1 Å². The Bertz CT molecular complexity index is 676. The summed E-state index contributed by atoms with van der Waals surface area (Å²) in [5, 5.41) is 8.58. The third-order valence-corrected chi connectivity index (χ3v) is 5.09. The van der Waals surface area contributed by atoms with Crippen molar-refractivity contribution in [1.82, 2.24) is 4.72 Å². The van der Waals surface area contributed by atoms with Gasteiger partial charge in [-0.3, -0.25) is 0 Å². The SMILES string of the molecule is CC1CCC(NS(=O)(=O)c2ccc(C#CCO)c(F)c2)C1. The third-order valence-electron chi connectivity index (χ3n) is 3.57. The quantitative estimate of drug-likeness (QED) is 0.834. The van der Waals surface area contributed by atoms with E-state index >= 15 is 0 Å². The molecule has 0 radical (unpaired) electrons. The number of benzene rings is 1. The molecule has 1 aliphatic rings. The Morgan fingerprint density at radius 2 is 2.19 bits per heavy atom. The number of hydrogen-bond acceptors (Lipinski definition) is 3. The first-order valence-corrected chi connectivity index (χ1v) is 8.32. The van der Waals surface area contributed by atoms with Crippen LogP contribution in [0.5, 0.6) is 0 Å². The monoisotopic (exact) mass is 311 g/mol. The summed E-state index contributed by atoms with van der Waals surface area (Å²) in [6.07, 6.45) is 2.61. The van der Waals surface area contributed by atoms with Crippen molar-refractivity contribution in [3.63, 3.8) is 0 Å². The lowest BCUT2D eigenvalue weighted by molar-refractivity contribution is 0.350. The summed E-state index contributed by atoms with van der Waals surface area (Å²) in [5.74, 6) is 4.55. The van der Waals surface area contributed by atoms with Crippen LogP contribution in [0, 0.1) is 23.6 Å². The molecular weight excluding hydrogens is 293 g/mol. The number of aliphatic hydroxyl groups is 1. The van der Waals surface area contributed by atoms with Crippen molar-refractivity contribution >= 4 is 10.0 Å². The molecule has 0 amide bonds. The van der Waals surface area contributed by atoms with Crippen LogP contribution >= 0.6 is 0 Å². The first-order valence-electron chi connectivity index (χ1n) is 6.84. The molecule has 1 aliphatic carbocycles. The molecule has 1 saturated carbocycles. The number of rotatable bonds is 3. The van der Waals surface area contributed by atoms with Crippen molar-refractivity contribution in [3.8, 4) is 11.8 Å². The first-order chi connectivity index (χ1) is 9.92. The molecule has 2 N–H and O–H groups in total. The molecule has 1 aromatic rings. The lowest BCUT2D eigenvalue weighted by Gasteiger charge is -2.13. The molecule has 0 aliphatic heterocycles. The van der Waals surface area contributed by atoms with Crippen molar-refractivity contribution in [2.75, 3.05) is 6.61 Å². The van der Waals surface area contributed by atoms with Crippen molar-refractivity contribution in [2.24, 2.45) is 5.92 Å². The average Bonchev–Trinajstić information content (AvgIpc) is 2.82. The van der Waals surface area contributed by atoms with Crippen LogP contribution in [-0.4, -0.2) is 26.2 Å². The minimum Gasteiger partial charge on any atom is -0.384 e. The average molecular weight is 311 g/mol. The van der Waals surface area contributed by atoms with Gasteiger partial charge in [0.2, 0.25) is 10.0 Å². The molecule has 2 rings (SSSR count). The highest BCUT2D eigenvalue weighted by atomic mass is 32.2. The Labute approximate surface area is 124 Å². The van der Waals surface area contributed by atoms with Crippen molar-refractivity contribution in [1.29, 1.82) is 0 Å². The number of aliphatic hydroxyl groups excluding tert-OH is 1. The molecule has 0 bridgehead atoms. The fraction of sp³-hybridized carbons (Fsp3) is 0.467. The summed E-state index contributed by atoms with van der Waals surface area (Å²) in [5.41, 5.74) is 0.0671. The second-order valence-corrected chi connectivity index (χ2v) is 7.05. The maximum atomic E-state index is 13.8. The zero-order valence-electron chi connectivity index (χ0n) is 11.8. The zero-order chi connectivity index (χ0) is 15.5. The lowest BCUT2D eigenvalue weighted by Crippen LogP contribution is -2.33. The summed E-state index contributed by atoms with van der Waals surface area (Å²) in [4.78, 5) is -0.103. The minimum absolute atomic E-state index is 0.0671. The van der Waals surface area contributed by atoms with E-state index in [0.717, 1.165) is 25.3 Å². The van der Waals surface area contributed by atoms with Crippen molar-refractivity contribution in [3.05, 3.63) is 29.6 Å². The Balaban J connectivity index is 2.18. The summed E-state index contributed by atoms with van der Waals surface area (Å²) in [6.45, 7) is 1.71. The standard InChI is InChI=1S/C15H18FNO3S/c1-11-4-6-13(9-11)17-21(19,20)14-7-5-12(3-2-8-18)15(16)10-14/h5,7,10-11,13,17-18H,4,6,8-9H2,1H3. The normalized spacial score (nSPS) is 21.9. The van der Waals surface area contributed by atoms with Gasteiger partial charge < -0.3 is 5.11 Å². The Kier molecular flexibility index (Phi) is 4.99. The highest BCUT2D eigenvalue weighted by Crippen LogP contribution is 2.26. The van der Waals surface area contributed by atoms with Crippen LogP contribution in [0.25, 0.3) is 0 Å². The van der Waals surface area contributed by atoms with E-state index in [4.69, 9.17) is 5.11 Å². The van der Waals surface area contributed by atoms with Gasteiger partial charge in [0.1, 0.15) is 12.4 Å². The van der Waals surface area contributed by atoms with E-state index in [1.807, 2.05) is 0 Å². The maximum absolute atomic E-state index is 13.8. The van der Waals surface area contributed by atoms with Crippen molar-refractivity contribution < 1.29 is 17.9 Å². The molecule has 0 spiro atoms. The minimum atomic E-state index is -3.71. The largest absolute Gasteiger partial charge is 0.384 e. The maximum Gasteiger partial charge on any atom is 0.240 e. The second-order valence-electron chi connectivity index (χ2n) is 5.34. The van der Waals surface area contributed by atoms with Crippen LogP contribution < -0.4 is 4.72 Å². The van der Waals surface area contributed by atoms with Gasteiger partial charge >= 0.3 is 0 Å². The van der Waals surface area contributed by atoms with Crippen LogP contribution in [0.1, 0.15) is 31.7 Å². The topological polar surface area (TPSA) is 66.4 Å². The molecule has 0 saturated heterocycles. The fourth-order valence-electron chi connectivity index (χ4n) is 2.50. The summed E-state index contributed by atoms with van der Waals surface area (Å²) >= 11 is 0. The van der Waals surface area contributed by atoms with Crippen LogP contribution in [-0.2, 0) is 10.0 Å². The van der Waals surface area contributed by atoms with E-state index in [1.165, 1.54) is 12.1 Å². The van der Waals surface area contributed by atoms with E-state index in [2.05, 4.69) is 23.5 Å². The summed E-state index contributed by atoms with van der Waals surface area (Å²) in [6, 6.07) is 3.51. The van der Waals surface area contributed by atoms with E-state index in [-0.39, 0.29) is 23.1 Å². The molecule has 114 valence electrons. The molecular formula is C15H18FNO3S. The fourth-order valence-corrected chi connectivity index (χ4v) is 3.80. The van der Waals surface area contributed by atoms with Crippen LogP contribution in [0.2, 0.25) is 0 Å². The molecule has 4 nitrogen and oxygen atoms in total. The molecule has 0 heterocycles. The highest BCUT2D eigenvalue weighted by molar-refractivity contribution is 7.89. The van der Waals surface area contributed by atoms with Crippen LogP contribution in [0.4, 0.5) is 4.39 Å². The predicted molar refractivity (Wildman–Crippen MR) is 77.5 cm³/mol. The van der Waals surface area contributed by atoms with E-state index in [0.29, 0.717) is 5.92 Å². The predicted octanol–water partition coefficient (Wildman–Crippen LogP) is 1.64. The van der Waals surface area contributed by atoms with E-state index in [9.17, 15) is 12.8 Å². The van der Waals surface area contributed by atoms with Gasteiger partial charge in [-0.1, -0.05) is 18.8 Å². The number of nitrogens with one attached hydrogen (secondary N) is 1. The van der Waals surface area contributed by atoms with E-state index in [1.54, 1.807) is 0 Å². The summed E-state index contributed by atoms with van der Waals surface area (Å²) in [7, 11) is -3.71. The zero-order valence-corrected chi connectivity index (χ0v) is 12.6. The van der Waals surface area contributed by atoms with Gasteiger partial charge in [-0.15, -0.1) is 0 Å². The Hall–Kier alpha value is -1.42. The Morgan fingerprint density at radius 1 is 1.43 bits per heavy atom. The lowest BCUT2D eigenvalue weighted by atomic mass is 10.1. The molecule has 0 aromatic heterocycles. The number of halogens is 1. The van der Waals surface area contributed by atoms with Gasteiger partial charge in [-0.05, 0) is 43.4 Å². The Morgan fingerprint density at radius 3 is 2.76 bits per heavy atom. The van der Waals surface area contributed by atoms with Gasteiger partial charge in [0.05, 0.1) is 10.5 Å². The highest BCUT2D eigenvalue weighted by Gasteiger charge is 2.26. The molecule has 1 aromatic carbocycles.